The summed E-state index contributed by atoms with van der Waals surface area (Å²) in [6.45, 7) is 3.23. The molecule has 21 heavy (non-hydrogen) atoms. The van der Waals surface area contributed by atoms with Gasteiger partial charge >= 0.3 is 6.09 Å². The molecule has 1 aromatic heterocycles. The lowest BCUT2D eigenvalue weighted by Gasteiger charge is -2.09. The largest absolute Gasteiger partial charge is 0.496 e. The Hall–Kier alpha value is -2.50. The molecular formula is C15H16N2O4. The summed E-state index contributed by atoms with van der Waals surface area (Å²) in [5, 5.41) is 0. The third kappa shape index (κ3) is 2.56. The molecule has 110 valence electrons. The van der Waals surface area contributed by atoms with E-state index in [0.29, 0.717) is 37.1 Å². The number of ether oxygens (including phenoxy) is 2. The van der Waals surface area contributed by atoms with Gasteiger partial charge in [0.15, 0.2) is 0 Å². The first-order chi connectivity index (χ1) is 10.2. The number of methoxy groups -OCH3 is 1. The van der Waals surface area contributed by atoms with Gasteiger partial charge in [-0.2, -0.15) is 0 Å². The number of aryl methyl sites for hydroxylation is 1. The van der Waals surface area contributed by atoms with E-state index in [-0.39, 0.29) is 6.09 Å². The summed E-state index contributed by atoms with van der Waals surface area (Å²) in [5.74, 6) is 1.88. The minimum absolute atomic E-state index is 0.309. The molecule has 1 saturated heterocycles. The number of para-hydroxylation sites is 1. The summed E-state index contributed by atoms with van der Waals surface area (Å²) in [7, 11) is 1.61. The van der Waals surface area contributed by atoms with Crippen molar-refractivity contribution >= 4 is 6.09 Å². The minimum atomic E-state index is -0.309. The number of cyclic esters (lactones) is 1. The highest BCUT2D eigenvalue weighted by Gasteiger charge is 2.25. The van der Waals surface area contributed by atoms with Crippen molar-refractivity contribution in [1.82, 2.24) is 9.88 Å². The first-order valence-electron chi connectivity index (χ1n) is 6.70. The van der Waals surface area contributed by atoms with Crippen LogP contribution in [0.1, 0.15) is 11.5 Å². The fourth-order valence-corrected chi connectivity index (χ4v) is 2.26. The molecular weight excluding hydrogens is 272 g/mol. The summed E-state index contributed by atoms with van der Waals surface area (Å²) < 4.78 is 15.9. The molecule has 1 aliphatic heterocycles. The normalized spacial score (nSPS) is 14.4. The van der Waals surface area contributed by atoms with Gasteiger partial charge in [-0.25, -0.2) is 9.78 Å². The van der Waals surface area contributed by atoms with Crippen LogP contribution >= 0.6 is 0 Å². The summed E-state index contributed by atoms with van der Waals surface area (Å²) in [4.78, 5) is 17.6. The molecule has 0 aliphatic carbocycles. The number of carbonyl (C=O) groups is 1. The maximum Gasteiger partial charge on any atom is 0.410 e. The molecule has 0 atom stereocenters. The van der Waals surface area contributed by atoms with Crippen LogP contribution in [-0.4, -0.2) is 36.2 Å². The molecule has 0 saturated carbocycles. The molecule has 6 heteroatoms. The number of rotatable bonds is 4. The van der Waals surface area contributed by atoms with E-state index in [0.717, 1.165) is 11.3 Å². The first kappa shape index (κ1) is 13.5. The molecule has 1 aliphatic rings. The van der Waals surface area contributed by atoms with Crippen LogP contribution < -0.4 is 4.74 Å². The highest BCUT2D eigenvalue weighted by molar-refractivity contribution is 5.69. The quantitative estimate of drug-likeness (QED) is 0.865. The SMILES string of the molecule is COc1ccccc1-c1nc(CN2CCOC2=O)c(C)o1. The molecule has 0 spiro atoms. The molecule has 1 aromatic carbocycles. The molecule has 2 aromatic rings. The second kappa shape index (κ2) is 5.47. The van der Waals surface area contributed by atoms with E-state index in [9.17, 15) is 4.79 Å². The summed E-state index contributed by atoms with van der Waals surface area (Å²) in [6.07, 6.45) is -0.309. The predicted molar refractivity (Wildman–Crippen MR) is 75.0 cm³/mol. The topological polar surface area (TPSA) is 64.8 Å². The maximum absolute atomic E-state index is 11.5. The Morgan fingerprint density at radius 3 is 2.90 bits per heavy atom. The van der Waals surface area contributed by atoms with Crippen LogP contribution in [0.15, 0.2) is 28.7 Å². The van der Waals surface area contributed by atoms with Crippen molar-refractivity contribution in [3.8, 4) is 17.2 Å². The molecule has 0 N–H and O–H groups in total. The third-order valence-corrected chi connectivity index (χ3v) is 3.42. The van der Waals surface area contributed by atoms with Crippen molar-refractivity contribution in [3.63, 3.8) is 0 Å². The number of aromatic nitrogens is 1. The maximum atomic E-state index is 11.5. The molecule has 1 amide bonds. The third-order valence-electron chi connectivity index (χ3n) is 3.42. The van der Waals surface area contributed by atoms with E-state index in [1.807, 2.05) is 31.2 Å². The summed E-state index contributed by atoms with van der Waals surface area (Å²) >= 11 is 0. The van der Waals surface area contributed by atoms with E-state index >= 15 is 0 Å². The zero-order valence-electron chi connectivity index (χ0n) is 12.0. The van der Waals surface area contributed by atoms with Crippen LogP contribution in [0.25, 0.3) is 11.5 Å². The number of hydrogen-bond acceptors (Lipinski definition) is 5. The molecule has 3 rings (SSSR count). The number of nitrogens with zero attached hydrogens (tertiary/aromatic N) is 2. The van der Waals surface area contributed by atoms with Crippen LogP contribution in [0, 0.1) is 6.92 Å². The fourth-order valence-electron chi connectivity index (χ4n) is 2.26. The molecule has 1 fully saturated rings. The van der Waals surface area contributed by atoms with E-state index in [2.05, 4.69) is 4.98 Å². The zero-order chi connectivity index (χ0) is 14.8. The van der Waals surface area contributed by atoms with Gasteiger partial charge in [0.05, 0.1) is 25.8 Å². The summed E-state index contributed by atoms with van der Waals surface area (Å²) in [6, 6.07) is 7.53. The lowest BCUT2D eigenvalue weighted by Crippen LogP contribution is -2.24. The number of amides is 1. The van der Waals surface area contributed by atoms with Gasteiger partial charge in [0.25, 0.3) is 0 Å². The highest BCUT2D eigenvalue weighted by Crippen LogP contribution is 2.30. The van der Waals surface area contributed by atoms with Gasteiger partial charge in [-0.3, -0.25) is 4.90 Å². The zero-order valence-corrected chi connectivity index (χ0v) is 12.0. The van der Waals surface area contributed by atoms with Crippen molar-refractivity contribution in [1.29, 1.82) is 0 Å². The Morgan fingerprint density at radius 1 is 1.38 bits per heavy atom. The van der Waals surface area contributed by atoms with E-state index in [1.54, 1.807) is 12.0 Å². The second-order valence-corrected chi connectivity index (χ2v) is 4.76. The Morgan fingerprint density at radius 2 is 2.19 bits per heavy atom. The van der Waals surface area contributed by atoms with Crippen molar-refractivity contribution in [2.75, 3.05) is 20.3 Å². The van der Waals surface area contributed by atoms with Gasteiger partial charge in [0.2, 0.25) is 5.89 Å². The van der Waals surface area contributed by atoms with Crippen LogP contribution in [0.2, 0.25) is 0 Å². The van der Waals surface area contributed by atoms with Crippen LogP contribution in [0.5, 0.6) is 5.75 Å². The van der Waals surface area contributed by atoms with Crippen molar-refractivity contribution in [2.45, 2.75) is 13.5 Å². The molecule has 0 unspecified atom stereocenters. The summed E-state index contributed by atoms with van der Waals surface area (Å²) in [5.41, 5.74) is 1.52. The average molecular weight is 288 g/mol. The van der Waals surface area contributed by atoms with Crippen molar-refractivity contribution in [2.24, 2.45) is 0 Å². The number of benzene rings is 1. The minimum Gasteiger partial charge on any atom is -0.496 e. The number of hydrogen-bond donors (Lipinski definition) is 0. The van der Waals surface area contributed by atoms with Crippen molar-refractivity contribution < 1.29 is 18.7 Å². The van der Waals surface area contributed by atoms with Gasteiger partial charge in [0.1, 0.15) is 23.8 Å². The van der Waals surface area contributed by atoms with Gasteiger partial charge in [0, 0.05) is 0 Å². The van der Waals surface area contributed by atoms with E-state index in [4.69, 9.17) is 13.9 Å². The Kier molecular flexibility index (Phi) is 3.51. The molecule has 2 heterocycles. The molecule has 0 bridgehead atoms. The van der Waals surface area contributed by atoms with Gasteiger partial charge < -0.3 is 13.9 Å². The lowest BCUT2D eigenvalue weighted by atomic mass is 10.2. The van der Waals surface area contributed by atoms with Gasteiger partial charge in [-0.05, 0) is 19.1 Å². The van der Waals surface area contributed by atoms with Crippen molar-refractivity contribution in [3.05, 3.63) is 35.7 Å². The highest BCUT2D eigenvalue weighted by atomic mass is 16.6. The van der Waals surface area contributed by atoms with Crippen LogP contribution in [0.4, 0.5) is 4.79 Å². The first-order valence-corrected chi connectivity index (χ1v) is 6.70. The average Bonchev–Trinajstić information content (AvgIpc) is 3.06. The van der Waals surface area contributed by atoms with E-state index < -0.39 is 0 Å². The Bertz CT molecular complexity index is 665. The monoisotopic (exact) mass is 288 g/mol. The molecule has 0 radical (unpaired) electrons. The fraction of sp³-hybridized carbons (Fsp3) is 0.333. The second-order valence-electron chi connectivity index (χ2n) is 4.76. The van der Waals surface area contributed by atoms with Crippen LogP contribution in [0.3, 0.4) is 0 Å². The number of carbonyl (C=O) groups excluding carboxylic acids is 1. The van der Waals surface area contributed by atoms with Crippen LogP contribution in [-0.2, 0) is 11.3 Å². The van der Waals surface area contributed by atoms with Gasteiger partial charge in [-0.1, -0.05) is 12.1 Å². The standard InChI is InChI=1S/C15H16N2O4/c1-10-12(9-17-7-8-20-15(17)18)16-14(21-10)11-5-3-4-6-13(11)19-2/h3-6H,7-9H2,1-2H3. The lowest BCUT2D eigenvalue weighted by molar-refractivity contribution is 0.157. The van der Waals surface area contributed by atoms with Gasteiger partial charge in [-0.15, -0.1) is 0 Å². The Labute approximate surface area is 122 Å². The predicted octanol–water partition coefficient (Wildman–Crippen LogP) is 2.61. The Balaban J connectivity index is 1.89. The van der Waals surface area contributed by atoms with E-state index in [1.165, 1.54) is 0 Å². The molecule has 6 nitrogen and oxygen atoms in total. The number of oxazole rings is 1. The smallest absolute Gasteiger partial charge is 0.410 e.